The van der Waals surface area contributed by atoms with Crippen molar-refractivity contribution in [1.82, 2.24) is 9.80 Å². The zero-order chi connectivity index (χ0) is 17.6. The topological polar surface area (TPSA) is 24.9 Å². The molecule has 0 aromatic heterocycles. The van der Waals surface area contributed by atoms with Gasteiger partial charge >= 0.3 is 0 Å². The van der Waals surface area contributed by atoms with Crippen LogP contribution in [0.15, 0.2) is 48.5 Å². The fourth-order valence-corrected chi connectivity index (χ4v) is 3.88. The Morgan fingerprint density at radius 2 is 1.72 bits per heavy atom. The summed E-state index contributed by atoms with van der Waals surface area (Å²) in [5, 5.41) is 0. The molecule has 0 spiro atoms. The predicted octanol–water partition coefficient (Wildman–Crippen LogP) is 3.95. The molecule has 3 rings (SSSR count). The normalized spacial score (nSPS) is 15.3. The van der Waals surface area contributed by atoms with Crippen LogP contribution in [0.25, 0.3) is 0 Å². The first kappa shape index (κ1) is 18.0. The van der Waals surface area contributed by atoms with E-state index in [1.165, 1.54) is 11.1 Å². The summed E-state index contributed by atoms with van der Waals surface area (Å²) in [6.45, 7) is 2.52. The van der Waals surface area contributed by atoms with Crippen molar-refractivity contribution in [1.29, 1.82) is 0 Å². The molecule has 0 atom stereocenters. The summed E-state index contributed by atoms with van der Waals surface area (Å²) >= 11 is 7.26. The predicted molar refractivity (Wildman–Crippen MR) is 107 cm³/mol. The number of hydrogen-bond donors (Lipinski definition) is 0. The Bertz CT molecular complexity index is 725. The molecule has 25 heavy (non-hydrogen) atoms. The van der Waals surface area contributed by atoms with Crippen molar-refractivity contribution >= 4 is 28.3 Å². The van der Waals surface area contributed by atoms with Crippen LogP contribution in [0.1, 0.15) is 11.1 Å². The van der Waals surface area contributed by atoms with Gasteiger partial charge in [0.1, 0.15) is 4.32 Å². The van der Waals surface area contributed by atoms with Crippen molar-refractivity contribution in [3.05, 3.63) is 59.7 Å². The quantitative estimate of drug-likeness (QED) is 0.710. The van der Waals surface area contributed by atoms with Crippen molar-refractivity contribution in [3.63, 3.8) is 0 Å². The van der Waals surface area contributed by atoms with Gasteiger partial charge in [-0.1, -0.05) is 60.4 Å². The van der Waals surface area contributed by atoms with Crippen LogP contribution in [0.4, 0.5) is 0 Å². The van der Waals surface area contributed by atoms with E-state index in [-0.39, 0.29) is 0 Å². The Kier molecular flexibility index (Phi) is 6.18. The van der Waals surface area contributed by atoms with Crippen molar-refractivity contribution < 1.29 is 9.47 Å². The molecule has 0 saturated carbocycles. The van der Waals surface area contributed by atoms with Gasteiger partial charge in [-0.2, -0.15) is 0 Å². The lowest BCUT2D eigenvalue weighted by molar-refractivity contribution is 0.200. The summed E-state index contributed by atoms with van der Waals surface area (Å²) in [7, 11) is 3.32. The van der Waals surface area contributed by atoms with E-state index in [1.54, 1.807) is 26.0 Å². The standard InChI is InChI=1S/C19H22N2O2S2/c1-22-17-9-8-16(10-18(17)23-2)11-20-13-21(19(24)25-14-20)12-15-6-4-3-5-7-15/h3-10H,11-14H2,1-2H3. The average Bonchev–Trinajstić information content (AvgIpc) is 2.65. The van der Waals surface area contributed by atoms with Gasteiger partial charge in [-0.25, -0.2) is 0 Å². The number of ether oxygens (including phenoxy) is 2. The molecule has 132 valence electrons. The maximum absolute atomic E-state index is 5.54. The van der Waals surface area contributed by atoms with Crippen LogP contribution in [-0.4, -0.2) is 40.9 Å². The summed E-state index contributed by atoms with van der Waals surface area (Å²) in [4.78, 5) is 4.63. The fraction of sp³-hybridized carbons (Fsp3) is 0.316. The van der Waals surface area contributed by atoms with Crippen LogP contribution in [0, 0.1) is 0 Å². The van der Waals surface area contributed by atoms with Gasteiger partial charge in [0.05, 0.1) is 26.8 Å². The molecule has 0 unspecified atom stereocenters. The molecule has 2 aromatic carbocycles. The summed E-state index contributed by atoms with van der Waals surface area (Å²) < 4.78 is 11.7. The van der Waals surface area contributed by atoms with Gasteiger partial charge in [0.2, 0.25) is 0 Å². The summed E-state index contributed by atoms with van der Waals surface area (Å²) in [6.07, 6.45) is 0. The van der Waals surface area contributed by atoms with Crippen LogP contribution >= 0.6 is 24.0 Å². The van der Waals surface area contributed by atoms with Crippen LogP contribution in [0.3, 0.4) is 0 Å². The molecule has 1 aliphatic rings. The first-order valence-corrected chi connectivity index (χ1v) is 9.48. The van der Waals surface area contributed by atoms with E-state index < -0.39 is 0 Å². The highest BCUT2D eigenvalue weighted by molar-refractivity contribution is 8.22. The van der Waals surface area contributed by atoms with Gasteiger partial charge < -0.3 is 14.4 Å². The van der Waals surface area contributed by atoms with Gasteiger partial charge in [0.15, 0.2) is 11.5 Å². The van der Waals surface area contributed by atoms with Crippen molar-refractivity contribution in [3.8, 4) is 11.5 Å². The highest BCUT2D eigenvalue weighted by atomic mass is 32.2. The second kappa shape index (κ2) is 8.56. The summed E-state index contributed by atoms with van der Waals surface area (Å²) in [5.41, 5.74) is 2.48. The molecule has 1 aliphatic heterocycles. The molecule has 4 nitrogen and oxygen atoms in total. The van der Waals surface area contributed by atoms with Gasteiger partial charge in [0.25, 0.3) is 0 Å². The Morgan fingerprint density at radius 3 is 2.44 bits per heavy atom. The van der Waals surface area contributed by atoms with Crippen LogP contribution in [-0.2, 0) is 13.1 Å². The number of nitrogens with zero attached hydrogens (tertiary/aromatic N) is 2. The number of benzene rings is 2. The molecule has 0 amide bonds. The number of thioether (sulfide) groups is 1. The van der Waals surface area contributed by atoms with Gasteiger partial charge in [-0.3, -0.25) is 4.90 Å². The molecular weight excluding hydrogens is 352 g/mol. The SMILES string of the molecule is COc1ccc(CN2CSC(=S)N(Cc3ccccc3)C2)cc1OC. The maximum atomic E-state index is 5.54. The van der Waals surface area contributed by atoms with E-state index >= 15 is 0 Å². The van der Waals surface area contributed by atoms with Crippen LogP contribution < -0.4 is 9.47 Å². The van der Waals surface area contributed by atoms with Gasteiger partial charge in [0, 0.05) is 13.1 Å². The second-order valence-electron chi connectivity index (χ2n) is 5.88. The molecular formula is C19H22N2O2S2. The lowest BCUT2D eigenvalue weighted by atomic mass is 10.2. The van der Waals surface area contributed by atoms with E-state index in [4.69, 9.17) is 21.7 Å². The number of rotatable bonds is 6. The van der Waals surface area contributed by atoms with Gasteiger partial charge in [-0.05, 0) is 23.3 Å². The van der Waals surface area contributed by atoms with E-state index in [9.17, 15) is 0 Å². The minimum atomic E-state index is 0.756. The third-order valence-electron chi connectivity index (χ3n) is 4.07. The third-order valence-corrected chi connectivity index (χ3v) is 5.68. The molecule has 0 aliphatic carbocycles. The Balaban J connectivity index is 1.66. The summed E-state index contributed by atoms with van der Waals surface area (Å²) in [6, 6.07) is 16.5. The Labute approximate surface area is 158 Å². The van der Waals surface area contributed by atoms with Crippen molar-refractivity contribution in [2.24, 2.45) is 0 Å². The number of thiocarbonyl (C=S) groups is 1. The highest BCUT2D eigenvalue weighted by Gasteiger charge is 2.22. The maximum Gasteiger partial charge on any atom is 0.161 e. The minimum absolute atomic E-state index is 0.756. The molecule has 2 aromatic rings. The monoisotopic (exact) mass is 374 g/mol. The molecule has 1 saturated heterocycles. The summed E-state index contributed by atoms with van der Waals surface area (Å²) in [5.74, 6) is 2.42. The van der Waals surface area contributed by atoms with E-state index in [2.05, 4.69) is 40.1 Å². The Morgan fingerprint density at radius 1 is 0.960 bits per heavy atom. The largest absolute Gasteiger partial charge is 0.493 e. The molecule has 0 N–H and O–H groups in total. The Hall–Kier alpha value is -1.76. The average molecular weight is 375 g/mol. The van der Waals surface area contributed by atoms with Crippen LogP contribution in [0.2, 0.25) is 0 Å². The zero-order valence-corrected chi connectivity index (χ0v) is 16.1. The molecule has 0 bridgehead atoms. The molecule has 0 radical (unpaired) electrons. The highest BCUT2D eigenvalue weighted by Crippen LogP contribution is 2.29. The van der Waals surface area contributed by atoms with Crippen molar-refractivity contribution in [2.45, 2.75) is 13.1 Å². The third kappa shape index (κ3) is 4.66. The fourth-order valence-electron chi connectivity index (χ4n) is 2.83. The molecule has 1 fully saturated rings. The lowest BCUT2D eigenvalue weighted by Crippen LogP contribution is -2.43. The van der Waals surface area contributed by atoms with Gasteiger partial charge in [-0.15, -0.1) is 0 Å². The smallest absolute Gasteiger partial charge is 0.161 e. The van der Waals surface area contributed by atoms with E-state index in [0.29, 0.717) is 0 Å². The zero-order valence-electron chi connectivity index (χ0n) is 14.5. The van der Waals surface area contributed by atoms with Crippen molar-refractivity contribution in [2.75, 3.05) is 26.8 Å². The minimum Gasteiger partial charge on any atom is -0.493 e. The molecule has 1 heterocycles. The van der Waals surface area contributed by atoms with E-state index in [1.807, 2.05) is 18.2 Å². The first-order chi connectivity index (χ1) is 12.2. The van der Waals surface area contributed by atoms with Crippen LogP contribution in [0.5, 0.6) is 11.5 Å². The van der Waals surface area contributed by atoms with E-state index in [0.717, 1.165) is 41.5 Å². The lowest BCUT2D eigenvalue weighted by Gasteiger charge is -2.36. The first-order valence-electron chi connectivity index (χ1n) is 8.08. The second-order valence-corrected chi connectivity index (χ2v) is 7.46. The molecule has 6 heteroatoms. The number of methoxy groups -OCH3 is 2. The number of hydrogen-bond acceptors (Lipinski definition) is 5.